The molecule has 5 nitrogen and oxygen atoms in total. The largest absolute Gasteiger partial charge is 0.326 e. The minimum Gasteiger partial charge on any atom is -0.326 e. The maximum absolute atomic E-state index is 12.4. The zero-order valence-electron chi connectivity index (χ0n) is 13.7. The van der Waals surface area contributed by atoms with Gasteiger partial charge in [-0.3, -0.25) is 14.6 Å². The summed E-state index contributed by atoms with van der Waals surface area (Å²) < 4.78 is 1.67. The molecule has 0 unspecified atom stereocenters. The molecule has 1 amide bonds. The number of para-hydroxylation sites is 1. The van der Waals surface area contributed by atoms with Gasteiger partial charge in [0.2, 0.25) is 5.91 Å². The fourth-order valence-electron chi connectivity index (χ4n) is 2.75. The molecule has 0 aliphatic heterocycles. The van der Waals surface area contributed by atoms with Crippen LogP contribution in [0.2, 0.25) is 0 Å². The van der Waals surface area contributed by atoms with E-state index >= 15 is 0 Å². The summed E-state index contributed by atoms with van der Waals surface area (Å²) in [6.45, 7) is 4.01. The van der Waals surface area contributed by atoms with Gasteiger partial charge in [-0.25, -0.2) is 0 Å². The van der Waals surface area contributed by atoms with Crippen molar-refractivity contribution in [1.82, 2.24) is 9.55 Å². The van der Waals surface area contributed by atoms with E-state index in [2.05, 4.69) is 10.3 Å². The Hall–Kier alpha value is -2.95. The van der Waals surface area contributed by atoms with Crippen LogP contribution in [0.4, 0.5) is 5.69 Å². The molecule has 0 aliphatic carbocycles. The summed E-state index contributed by atoms with van der Waals surface area (Å²) in [5.74, 6) is -0.127. The van der Waals surface area contributed by atoms with Crippen LogP contribution >= 0.6 is 0 Å². The van der Waals surface area contributed by atoms with Crippen LogP contribution in [0.5, 0.6) is 0 Å². The van der Waals surface area contributed by atoms with E-state index in [4.69, 9.17) is 0 Å². The second-order valence-electron chi connectivity index (χ2n) is 5.83. The molecule has 2 aromatic heterocycles. The van der Waals surface area contributed by atoms with Gasteiger partial charge >= 0.3 is 0 Å². The Morgan fingerprint density at radius 1 is 1.17 bits per heavy atom. The van der Waals surface area contributed by atoms with Gasteiger partial charge in [0.05, 0.1) is 5.52 Å². The summed E-state index contributed by atoms with van der Waals surface area (Å²) in [7, 11) is 0. The first-order chi connectivity index (χ1) is 11.5. The van der Waals surface area contributed by atoms with E-state index in [9.17, 15) is 9.59 Å². The lowest BCUT2D eigenvalue weighted by atomic mass is 10.1. The van der Waals surface area contributed by atoms with E-state index in [0.717, 1.165) is 16.6 Å². The zero-order chi connectivity index (χ0) is 17.1. The summed E-state index contributed by atoms with van der Waals surface area (Å²) >= 11 is 0. The molecule has 3 aromatic rings. The van der Waals surface area contributed by atoms with E-state index in [-0.39, 0.29) is 17.9 Å². The Labute approximate surface area is 140 Å². The van der Waals surface area contributed by atoms with E-state index in [1.165, 1.54) is 0 Å². The highest BCUT2D eigenvalue weighted by molar-refractivity contribution is 5.90. The molecular formula is C19H19N3O2. The summed E-state index contributed by atoms with van der Waals surface area (Å²) in [5.41, 5.74) is 3.03. The van der Waals surface area contributed by atoms with Gasteiger partial charge in [0.1, 0.15) is 0 Å². The van der Waals surface area contributed by atoms with Crippen molar-refractivity contribution < 1.29 is 4.79 Å². The average Bonchev–Trinajstić information content (AvgIpc) is 2.55. The Morgan fingerprint density at radius 3 is 2.75 bits per heavy atom. The number of carbonyl (C=O) groups is 1. The van der Waals surface area contributed by atoms with Gasteiger partial charge in [0, 0.05) is 36.1 Å². The molecule has 3 rings (SSSR count). The van der Waals surface area contributed by atoms with Crippen molar-refractivity contribution in [3.63, 3.8) is 0 Å². The van der Waals surface area contributed by atoms with Crippen molar-refractivity contribution in [3.8, 4) is 0 Å². The number of aromatic nitrogens is 2. The number of rotatable bonds is 4. The van der Waals surface area contributed by atoms with Gasteiger partial charge in [-0.1, -0.05) is 18.2 Å². The number of aryl methyl sites for hydroxylation is 3. The Morgan fingerprint density at radius 2 is 1.96 bits per heavy atom. The second kappa shape index (κ2) is 6.66. The molecule has 122 valence electrons. The Kier molecular flexibility index (Phi) is 4.42. The van der Waals surface area contributed by atoms with E-state index in [0.29, 0.717) is 17.8 Å². The predicted molar refractivity (Wildman–Crippen MR) is 95.2 cm³/mol. The molecule has 1 aromatic carbocycles. The van der Waals surface area contributed by atoms with Crippen molar-refractivity contribution in [2.45, 2.75) is 26.8 Å². The van der Waals surface area contributed by atoms with Gasteiger partial charge in [0.15, 0.2) is 0 Å². The number of hydrogen-bond acceptors (Lipinski definition) is 3. The van der Waals surface area contributed by atoms with E-state index in [1.807, 2.05) is 43.3 Å². The summed E-state index contributed by atoms with van der Waals surface area (Å²) in [5, 5.41) is 3.84. The number of nitrogens with one attached hydrogen (secondary N) is 1. The summed E-state index contributed by atoms with van der Waals surface area (Å²) in [6, 6.07) is 13.2. The molecule has 24 heavy (non-hydrogen) atoms. The molecular weight excluding hydrogens is 302 g/mol. The van der Waals surface area contributed by atoms with Crippen molar-refractivity contribution >= 4 is 22.5 Å². The van der Waals surface area contributed by atoms with Gasteiger partial charge in [-0.2, -0.15) is 0 Å². The van der Waals surface area contributed by atoms with E-state index in [1.54, 1.807) is 23.8 Å². The van der Waals surface area contributed by atoms with Gasteiger partial charge < -0.3 is 9.88 Å². The molecule has 0 atom stereocenters. The topological polar surface area (TPSA) is 64.0 Å². The second-order valence-corrected chi connectivity index (χ2v) is 5.83. The fraction of sp³-hybridized carbons (Fsp3) is 0.211. The molecule has 0 spiro atoms. The third-order valence-corrected chi connectivity index (χ3v) is 3.92. The highest BCUT2D eigenvalue weighted by Crippen LogP contribution is 2.14. The van der Waals surface area contributed by atoms with Gasteiger partial charge in [-0.15, -0.1) is 0 Å². The maximum atomic E-state index is 12.4. The van der Waals surface area contributed by atoms with Crippen LogP contribution in [-0.4, -0.2) is 15.5 Å². The molecule has 5 heteroatoms. The fourth-order valence-corrected chi connectivity index (χ4v) is 2.75. The van der Waals surface area contributed by atoms with Crippen LogP contribution in [0.3, 0.4) is 0 Å². The Balaban J connectivity index is 1.79. The number of hydrogen-bond donors (Lipinski definition) is 1. The number of nitrogens with zero attached hydrogens (tertiary/aromatic N) is 2. The van der Waals surface area contributed by atoms with Crippen molar-refractivity contribution in [2.75, 3.05) is 5.32 Å². The maximum Gasteiger partial charge on any atom is 0.253 e. The Bertz CT molecular complexity index is 960. The summed E-state index contributed by atoms with van der Waals surface area (Å²) in [6.07, 6.45) is 1.89. The number of benzene rings is 1. The quantitative estimate of drug-likeness (QED) is 0.803. The highest BCUT2D eigenvalue weighted by Gasteiger charge is 2.09. The molecule has 0 saturated heterocycles. The lowest BCUT2D eigenvalue weighted by molar-refractivity contribution is -0.116. The van der Waals surface area contributed by atoms with Crippen LogP contribution in [-0.2, 0) is 11.3 Å². The van der Waals surface area contributed by atoms with Crippen LogP contribution in [0.25, 0.3) is 10.9 Å². The minimum atomic E-state index is -0.127. The highest BCUT2D eigenvalue weighted by atomic mass is 16.1. The van der Waals surface area contributed by atoms with Crippen LogP contribution in [0.1, 0.15) is 17.7 Å². The van der Waals surface area contributed by atoms with Crippen molar-refractivity contribution in [3.05, 3.63) is 70.3 Å². The van der Waals surface area contributed by atoms with Crippen molar-refractivity contribution in [1.29, 1.82) is 0 Å². The van der Waals surface area contributed by atoms with Gasteiger partial charge in [-0.05, 0) is 43.5 Å². The molecule has 2 heterocycles. The normalized spacial score (nSPS) is 10.8. The standard InChI is InChI=1S/C19H19N3O2/c1-13-11-15-5-3-4-6-17(15)22(19(13)24)10-8-18(23)21-16-7-9-20-14(2)12-16/h3-7,9,11-12H,8,10H2,1-2H3,(H,20,21,23). The number of anilines is 1. The lowest BCUT2D eigenvalue weighted by Gasteiger charge is -2.12. The zero-order valence-corrected chi connectivity index (χ0v) is 13.7. The molecule has 0 saturated carbocycles. The third kappa shape index (κ3) is 3.35. The molecule has 1 N–H and O–H groups in total. The van der Waals surface area contributed by atoms with Crippen LogP contribution in [0.15, 0.2) is 53.5 Å². The smallest absolute Gasteiger partial charge is 0.253 e. The first-order valence-corrected chi connectivity index (χ1v) is 7.86. The average molecular weight is 321 g/mol. The predicted octanol–water partition coefficient (Wildman–Crippen LogP) is 3.04. The van der Waals surface area contributed by atoms with Crippen LogP contribution < -0.4 is 10.9 Å². The summed E-state index contributed by atoms with van der Waals surface area (Å²) in [4.78, 5) is 28.7. The monoisotopic (exact) mass is 321 g/mol. The van der Waals surface area contributed by atoms with Crippen LogP contribution in [0, 0.1) is 13.8 Å². The molecule has 0 radical (unpaired) electrons. The SMILES string of the molecule is Cc1cc(NC(=O)CCn2c(=O)c(C)cc3ccccc32)ccn1. The van der Waals surface area contributed by atoms with Gasteiger partial charge in [0.25, 0.3) is 5.56 Å². The number of amides is 1. The first kappa shape index (κ1) is 15.9. The number of pyridine rings is 2. The number of carbonyl (C=O) groups excluding carboxylic acids is 1. The molecule has 0 bridgehead atoms. The molecule has 0 aliphatic rings. The molecule has 0 fully saturated rings. The minimum absolute atomic E-state index is 0.0544. The van der Waals surface area contributed by atoms with E-state index < -0.39 is 0 Å². The third-order valence-electron chi connectivity index (χ3n) is 3.92. The van der Waals surface area contributed by atoms with Crippen molar-refractivity contribution in [2.24, 2.45) is 0 Å². The first-order valence-electron chi connectivity index (χ1n) is 7.86. The lowest BCUT2D eigenvalue weighted by Crippen LogP contribution is -2.25. The number of fused-ring (bicyclic) bond motifs is 1.